The highest BCUT2D eigenvalue weighted by Gasteiger charge is 2.46. The second-order valence-electron chi connectivity index (χ2n) is 3.59. The van der Waals surface area contributed by atoms with Crippen LogP contribution in [-0.2, 0) is 4.74 Å². The Morgan fingerprint density at radius 2 is 2.24 bits per heavy atom. The maximum atomic E-state index is 13.6. The Hall–Kier alpha value is -0.880. The predicted molar refractivity (Wildman–Crippen MR) is 61.3 cm³/mol. The lowest BCUT2D eigenvalue weighted by atomic mass is 10.0. The van der Waals surface area contributed by atoms with E-state index in [1.807, 2.05) is 0 Å². The first kappa shape index (κ1) is 12.6. The van der Waals surface area contributed by atoms with E-state index >= 15 is 0 Å². The van der Waals surface area contributed by atoms with Crippen molar-refractivity contribution in [2.24, 2.45) is 0 Å². The minimum atomic E-state index is -3.15. The van der Waals surface area contributed by atoms with Crippen LogP contribution in [0.25, 0.3) is 0 Å². The van der Waals surface area contributed by atoms with Crippen LogP contribution >= 0.6 is 27.5 Å². The topological polar surface area (TPSA) is 38.3 Å². The van der Waals surface area contributed by atoms with Gasteiger partial charge < -0.3 is 10.1 Å². The number of rotatable bonds is 1. The Balaban J connectivity index is 2.36. The van der Waals surface area contributed by atoms with Crippen LogP contribution < -0.4 is 5.32 Å². The molecule has 1 N–H and O–H groups in total. The van der Waals surface area contributed by atoms with Gasteiger partial charge in [-0.25, -0.2) is 13.6 Å². The normalized spacial score (nSPS) is 22.8. The van der Waals surface area contributed by atoms with Crippen molar-refractivity contribution < 1.29 is 18.3 Å². The van der Waals surface area contributed by atoms with Crippen LogP contribution in [0.15, 0.2) is 22.7 Å². The molecule has 1 aliphatic rings. The summed E-state index contributed by atoms with van der Waals surface area (Å²) in [6, 6.07) is 2.97. The summed E-state index contributed by atoms with van der Waals surface area (Å²) in [6.45, 7) is -0.927. The molecule has 1 aliphatic heterocycles. The Kier molecular flexibility index (Phi) is 3.27. The molecule has 0 unspecified atom stereocenters. The fourth-order valence-electron chi connectivity index (χ4n) is 1.53. The van der Waals surface area contributed by atoms with Gasteiger partial charge in [0, 0.05) is 4.47 Å². The molecule has 1 aromatic carbocycles. The quantitative estimate of drug-likeness (QED) is 0.857. The lowest BCUT2D eigenvalue weighted by molar-refractivity contribution is -0.104. The van der Waals surface area contributed by atoms with Crippen molar-refractivity contribution in [1.82, 2.24) is 5.32 Å². The molecule has 1 amide bonds. The number of hydrogen-bond acceptors (Lipinski definition) is 2. The fourth-order valence-corrected chi connectivity index (χ4v) is 2.04. The SMILES string of the molecule is O=C1N[C@@H](c2ccc(Cl)c(Br)c2)C(F)(F)CO1. The summed E-state index contributed by atoms with van der Waals surface area (Å²) >= 11 is 8.92. The van der Waals surface area contributed by atoms with E-state index < -0.39 is 24.7 Å². The zero-order valence-electron chi connectivity index (χ0n) is 8.34. The highest BCUT2D eigenvalue weighted by atomic mass is 79.9. The lowest BCUT2D eigenvalue weighted by Gasteiger charge is -2.31. The number of carbonyl (C=O) groups excluding carboxylic acids is 1. The minimum absolute atomic E-state index is 0.267. The largest absolute Gasteiger partial charge is 0.443 e. The molecule has 1 heterocycles. The first-order chi connectivity index (χ1) is 7.90. The fraction of sp³-hybridized carbons (Fsp3) is 0.300. The summed E-state index contributed by atoms with van der Waals surface area (Å²) in [5, 5.41) is 2.51. The van der Waals surface area contributed by atoms with Crippen molar-refractivity contribution in [2.45, 2.75) is 12.0 Å². The molecule has 0 aliphatic carbocycles. The molecule has 1 atom stereocenters. The Morgan fingerprint density at radius 3 is 2.88 bits per heavy atom. The summed E-state index contributed by atoms with van der Waals surface area (Å²) in [5.74, 6) is -3.15. The average molecular weight is 327 g/mol. The van der Waals surface area contributed by atoms with Crippen LogP contribution in [0.4, 0.5) is 13.6 Å². The molecule has 7 heteroatoms. The van der Waals surface area contributed by atoms with Crippen LogP contribution in [0.2, 0.25) is 5.02 Å². The van der Waals surface area contributed by atoms with Gasteiger partial charge in [-0.1, -0.05) is 17.7 Å². The molecule has 17 heavy (non-hydrogen) atoms. The van der Waals surface area contributed by atoms with Gasteiger partial charge in [-0.2, -0.15) is 0 Å². The molecule has 1 saturated heterocycles. The molecule has 1 aromatic rings. The van der Waals surface area contributed by atoms with Gasteiger partial charge in [-0.3, -0.25) is 0 Å². The van der Waals surface area contributed by atoms with Crippen LogP contribution in [0.3, 0.4) is 0 Å². The van der Waals surface area contributed by atoms with Crippen LogP contribution in [0, 0.1) is 0 Å². The summed E-state index contributed by atoms with van der Waals surface area (Å²) < 4.78 is 31.9. The van der Waals surface area contributed by atoms with E-state index in [1.54, 1.807) is 0 Å². The minimum Gasteiger partial charge on any atom is -0.443 e. The molecule has 0 saturated carbocycles. The zero-order valence-corrected chi connectivity index (χ0v) is 10.7. The van der Waals surface area contributed by atoms with E-state index in [0.29, 0.717) is 9.50 Å². The molecule has 0 radical (unpaired) electrons. The lowest BCUT2D eigenvalue weighted by Crippen LogP contribution is -2.49. The van der Waals surface area contributed by atoms with Crippen molar-refractivity contribution >= 4 is 33.6 Å². The summed E-state index contributed by atoms with van der Waals surface area (Å²) in [4.78, 5) is 11.0. The van der Waals surface area contributed by atoms with Gasteiger partial charge in [-0.15, -0.1) is 0 Å². The van der Waals surface area contributed by atoms with E-state index in [9.17, 15) is 13.6 Å². The van der Waals surface area contributed by atoms with Gasteiger partial charge in [-0.05, 0) is 33.6 Å². The van der Waals surface area contributed by atoms with Crippen molar-refractivity contribution in [1.29, 1.82) is 0 Å². The Morgan fingerprint density at radius 1 is 1.53 bits per heavy atom. The number of carbonyl (C=O) groups is 1. The highest BCUT2D eigenvalue weighted by Crippen LogP contribution is 2.36. The van der Waals surface area contributed by atoms with Gasteiger partial charge in [0.15, 0.2) is 6.61 Å². The van der Waals surface area contributed by atoms with Crippen molar-refractivity contribution in [3.8, 4) is 0 Å². The van der Waals surface area contributed by atoms with E-state index in [0.717, 1.165) is 0 Å². The standard InChI is InChI=1S/C10H7BrClF2NO2/c11-6-3-5(1-2-7(6)12)8-10(13,14)4-17-9(16)15-8/h1-3,8H,4H2,(H,15,16)/t8-/m0/s1. The van der Waals surface area contributed by atoms with E-state index in [2.05, 4.69) is 26.0 Å². The smallest absolute Gasteiger partial charge is 0.408 e. The van der Waals surface area contributed by atoms with E-state index in [-0.39, 0.29) is 5.56 Å². The number of alkyl halides is 2. The maximum absolute atomic E-state index is 13.6. The number of cyclic esters (lactones) is 1. The molecule has 0 bridgehead atoms. The second kappa shape index (κ2) is 4.42. The number of amides is 1. The Labute approximate surface area is 109 Å². The van der Waals surface area contributed by atoms with Gasteiger partial charge in [0.1, 0.15) is 6.04 Å². The Bertz CT molecular complexity index is 470. The number of benzene rings is 1. The first-order valence-electron chi connectivity index (χ1n) is 4.66. The van der Waals surface area contributed by atoms with Crippen LogP contribution in [0.1, 0.15) is 11.6 Å². The third-order valence-corrected chi connectivity index (χ3v) is 3.57. The van der Waals surface area contributed by atoms with Crippen LogP contribution in [-0.4, -0.2) is 18.6 Å². The predicted octanol–water partition coefficient (Wildman–Crippen LogP) is 3.52. The third kappa shape index (κ3) is 2.52. The van der Waals surface area contributed by atoms with Crippen molar-refractivity contribution in [3.05, 3.63) is 33.3 Å². The summed E-state index contributed by atoms with van der Waals surface area (Å²) in [7, 11) is 0. The highest BCUT2D eigenvalue weighted by molar-refractivity contribution is 9.10. The van der Waals surface area contributed by atoms with Gasteiger partial charge >= 0.3 is 12.0 Å². The van der Waals surface area contributed by atoms with E-state index in [4.69, 9.17) is 11.6 Å². The molecule has 3 nitrogen and oxygen atoms in total. The van der Waals surface area contributed by atoms with E-state index in [1.165, 1.54) is 18.2 Å². The monoisotopic (exact) mass is 325 g/mol. The molecular formula is C10H7BrClF2NO2. The number of nitrogens with one attached hydrogen (secondary N) is 1. The van der Waals surface area contributed by atoms with Gasteiger partial charge in [0.2, 0.25) is 0 Å². The maximum Gasteiger partial charge on any atom is 0.408 e. The first-order valence-corrected chi connectivity index (χ1v) is 5.83. The number of hydrogen-bond donors (Lipinski definition) is 1. The zero-order chi connectivity index (χ0) is 12.6. The molecule has 92 valence electrons. The van der Waals surface area contributed by atoms with Crippen molar-refractivity contribution in [3.63, 3.8) is 0 Å². The van der Waals surface area contributed by atoms with Crippen molar-refractivity contribution in [2.75, 3.05) is 6.61 Å². The summed E-state index contributed by atoms with van der Waals surface area (Å²) in [5.41, 5.74) is 0.267. The summed E-state index contributed by atoms with van der Waals surface area (Å²) in [6.07, 6.45) is -0.855. The molecule has 0 aromatic heterocycles. The average Bonchev–Trinajstić information content (AvgIpc) is 2.26. The van der Waals surface area contributed by atoms with Gasteiger partial charge in [0.05, 0.1) is 5.02 Å². The number of halogens is 4. The van der Waals surface area contributed by atoms with Crippen LogP contribution in [0.5, 0.6) is 0 Å². The molecule has 1 fully saturated rings. The third-order valence-electron chi connectivity index (χ3n) is 2.36. The molecule has 2 rings (SSSR count). The van der Waals surface area contributed by atoms with Gasteiger partial charge in [0.25, 0.3) is 0 Å². The number of ether oxygens (including phenoxy) is 1. The molecular weight excluding hydrogens is 319 g/mol. The molecule has 0 spiro atoms. The number of alkyl carbamates (subject to hydrolysis) is 1. The second-order valence-corrected chi connectivity index (χ2v) is 4.85.